The normalized spacial score (nSPS) is 14.0. The molecule has 0 atom stereocenters. The van der Waals surface area contributed by atoms with Crippen LogP contribution >= 0.6 is 0 Å². The van der Waals surface area contributed by atoms with Crippen molar-refractivity contribution in [2.24, 2.45) is 5.41 Å². The van der Waals surface area contributed by atoms with Crippen LogP contribution in [0.1, 0.15) is 51.4 Å². The molecule has 0 aromatic heterocycles. The van der Waals surface area contributed by atoms with Gasteiger partial charge in [0.05, 0.1) is 12.2 Å². The Morgan fingerprint density at radius 2 is 0.578 bits per heavy atom. The molecule has 18 heteroatoms. The molecule has 0 radical (unpaired) electrons. The zero-order valence-corrected chi connectivity index (χ0v) is 34.0. The van der Waals surface area contributed by atoms with E-state index in [1.54, 1.807) is 85.3 Å². The van der Waals surface area contributed by atoms with E-state index in [0.717, 1.165) is 0 Å². The van der Waals surface area contributed by atoms with Crippen LogP contribution in [-0.2, 0) is 53.1 Å². The molecule has 0 spiro atoms. The minimum Gasteiger partial charge on any atom is -0.396 e. The fraction of sp³-hybridized carbons (Fsp3) is 1.00. The van der Waals surface area contributed by atoms with E-state index in [1.807, 2.05) is 0 Å². The molecule has 45 heavy (non-hydrogen) atoms. The van der Waals surface area contributed by atoms with E-state index >= 15 is 0 Å². The number of rotatable bonds is 30. The van der Waals surface area contributed by atoms with E-state index in [0.29, 0.717) is 75.5 Å². The second-order valence-electron chi connectivity index (χ2n) is 11.1. The van der Waals surface area contributed by atoms with E-state index in [2.05, 4.69) is 0 Å². The summed E-state index contributed by atoms with van der Waals surface area (Å²) in [6.45, 7) is -0.255. The lowest BCUT2D eigenvalue weighted by Gasteiger charge is -2.48. The molecular weight excluding hydrogens is 661 g/mol. The summed E-state index contributed by atoms with van der Waals surface area (Å²) in [6.07, 6.45) is 3.95. The molecule has 0 amide bonds. The van der Waals surface area contributed by atoms with Crippen molar-refractivity contribution in [3.8, 4) is 0 Å². The standard InChI is InChI=1S/C27H64O14Si4/c1-30-42(31-2,32-3)21-13-17-26(25-28,18-14-22-43(33-4,34-5)35-6)27(29,19-15-23-44(36-7,37-8)38-9)20-16-24-45(39-10,40-11)41-12/h28-29H,13-25H2,1-12H3. The van der Waals surface area contributed by atoms with Gasteiger partial charge in [-0.15, -0.1) is 0 Å². The largest absolute Gasteiger partial charge is 0.500 e. The second-order valence-corrected chi connectivity index (χ2v) is 23.4. The molecule has 0 heterocycles. The highest BCUT2D eigenvalue weighted by atomic mass is 28.4. The van der Waals surface area contributed by atoms with Gasteiger partial charge in [-0.05, 0) is 51.4 Å². The SMILES string of the molecule is CO[Si](CCCC(O)(CCC[Si](OC)(OC)OC)C(CO)(CCC[Si](OC)(OC)OC)CCC[Si](OC)(OC)OC)(OC)OC. The van der Waals surface area contributed by atoms with Gasteiger partial charge in [0, 0.05) is 115 Å². The van der Waals surface area contributed by atoms with Crippen LogP contribution in [0.3, 0.4) is 0 Å². The van der Waals surface area contributed by atoms with Crippen molar-refractivity contribution < 1.29 is 63.3 Å². The van der Waals surface area contributed by atoms with E-state index in [-0.39, 0.29) is 6.61 Å². The van der Waals surface area contributed by atoms with Crippen LogP contribution in [0.2, 0.25) is 24.2 Å². The van der Waals surface area contributed by atoms with Crippen LogP contribution < -0.4 is 0 Å². The Balaban J connectivity index is 6.65. The van der Waals surface area contributed by atoms with Crippen molar-refractivity contribution in [2.75, 3.05) is 91.9 Å². The molecule has 0 fully saturated rings. The Kier molecular flexibility index (Phi) is 22.3. The Morgan fingerprint density at radius 1 is 0.378 bits per heavy atom. The molecule has 0 aromatic rings. The van der Waals surface area contributed by atoms with Gasteiger partial charge in [-0.25, -0.2) is 0 Å². The Morgan fingerprint density at radius 3 is 0.756 bits per heavy atom. The Labute approximate surface area is 276 Å². The maximum absolute atomic E-state index is 12.8. The summed E-state index contributed by atoms with van der Waals surface area (Å²) in [5.74, 6) is 0. The molecule has 0 bridgehead atoms. The van der Waals surface area contributed by atoms with Gasteiger partial charge in [-0.2, -0.15) is 0 Å². The lowest BCUT2D eigenvalue weighted by atomic mass is 9.63. The zero-order valence-electron chi connectivity index (χ0n) is 30.0. The fourth-order valence-electron chi connectivity index (χ4n) is 6.26. The first-order valence-corrected chi connectivity index (χ1v) is 23.0. The molecule has 0 aliphatic rings. The second kappa shape index (κ2) is 22.1. The maximum atomic E-state index is 12.8. The third kappa shape index (κ3) is 12.3. The summed E-state index contributed by atoms with van der Waals surface area (Å²) in [7, 11) is 7.28. The molecule has 0 saturated heterocycles. The van der Waals surface area contributed by atoms with Gasteiger partial charge in [-0.1, -0.05) is 0 Å². The van der Waals surface area contributed by atoms with Crippen LogP contribution in [0.25, 0.3) is 0 Å². The van der Waals surface area contributed by atoms with Crippen molar-refractivity contribution in [2.45, 2.75) is 81.1 Å². The Hall–Kier alpha value is 0.308. The van der Waals surface area contributed by atoms with Crippen molar-refractivity contribution in [3.05, 3.63) is 0 Å². The smallest absolute Gasteiger partial charge is 0.396 e. The highest BCUT2D eigenvalue weighted by Gasteiger charge is 2.52. The fourth-order valence-corrected chi connectivity index (χ4v) is 13.1. The van der Waals surface area contributed by atoms with Gasteiger partial charge in [0.15, 0.2) is 0 Å². The van der Waals surface area contributed by atoms with Crippen molar-refractivity contribution >= 4 is 35.2 Å². The van der Waals surface area contributed by atoms with E-state index in [9.17, 15) is 10.2 Å². The van der Waals surface area contributed by atoms with Crippen LogP contribution in [0, 0.1) is 5.41 Å². The third-order valence-corrected chi connectivity index (χ3v) is 20.8. The van der Waals surface area contributed by atoms with Crippen LogP contribution in [0.15, 0.2) is 0 Å². The molecular formula is C27H64O14Si4. The maximum Gasteiger partial charge on any atom is 0.500 e. The Bertz CT molecular complexity index is 668. The van der Waals surface area contributed by atoms with Gasteiger partial charge in [0.2, 0.25) is 0 Å². The predicted octanol–water partition coefficient (Wildman–Crippen LogP) is 3.33. The molecule has 0 aliphatic carbocycles. The average molecular weight is 725 g/mol. The third-order valence-electron chi connectivity index (χ3n) is 9.45. The minimum atomic E-state index is -2.91. The average Bonchev–Trinajstić information content (AvgIpc) is 3.09. The number of aliphatic hydroxyl groups excluding tert-OH is 1. The number of aliphatic hydroxyl groups is 2. The molecule has 0 aromatic carbocycles. The summed E-state index contributed by atoms with van der Waals surface area (Å²) in [5, 5.41) is 24.1. The van der Waals surface area contributed by atoms with E-state index in [1.165, 1.54) is 0 Å². The van der Waals surface area contributed by atoms with Crippen LogP contribution in [-0.4, -0.2) is 143 Å². The molecule has 0 saturated carbocycles. The summed E-state index contributed by atoms with van der Waals surface area (Å²) in [5.41, 5.74) is -2.24. The number of hydrogen-bond donors (Lipinski definition) is 2. The lowest BCUT2D eigenvalue weighted by Crippen LogP contribution is -2.53. The topological polar surface area (TPSA) is 151 Å². The van der Waals surface area contributed by atoms with E-state index in [4.69, 9.17) is 53.1 Å². The van der Waals surface area contributed by atoms with Gasteiger partial charge >= 0.3 is 35.2 Å². The first kappa shape index (κ1) is 45.3. The predicted molar refractivity (Wildman–Crippen MR) is 178 cm³/mol. The molecule has 0 rings (SSSR count). The first-order valence-electron chi connectivity index (χ1n) is 15.3. The summed E-state index contributed by atoms with van der Waals surface area (Å²) in [6, 6.07) is 2.02. The quantitative estimate of drug-likeness (QED) is 0.104. The van der Waals surface area contributed by atoms with Crippen molar-refractivity contribution in [1.82, 2.24) is 0 Å². The van der Waals surface area contributed by atoms with Gasteiger partial charge in [-0.3, -0.25) is 0 Å². The summed E-state index contributed by atoms with van der Waals surface area (Å²) >= 11 is 0. The lowest BCUT2D eigenvalue weighted by molar-refractivity contribution is -0.131. The highest BCUT2D eigenvalue weighted by Crippen LogP contribution is 2.48. The summed E-state index contributed by atoms with van der Waals surface area (Å²) < 4.78 is 68.0. The van der Waals surface area contributed by atoms with Crippen LogP contribution in [0.4, 0.5) is 0 Å². The number of hydrogen-bond acceptors (Lipinski definition) is 14. The highest BCUT2D eigenvalue weighted by molar-refractivity contribution is 6.61. The van der Waals surface area contributed by atoms with Gasteiger partial charge in [0.1, 0.15) is 0 Å². The molecule has 0 unspecified atom stereocenters. The molecule has 0 aliphatic heterocycles. The van der Waals surface area contributed by atoms with Crippen molar-refractivity contribution in [1.29, 1.82) is 0 Å². The van der Waals surface area contributed by atoms with Crippen LogP contribution in [0.5, 0.6) is 0 Å². The first-order chi connectivity index (χ1) is 21.4. The molecule has 2 N–H and O–H groups in total. The molecule has 14 nitrogen and oxygen atoms in total. The monoisotopic (exact) mass is 724 g/mol. The molecule has 272 valence electrons. The van der Waals surface area contributed by atoms with Gasteiger partial charge in [0.25, 0.3) is 0 Å². The zero-order chi connectivity index (χ0) is 34.7. The minimum absolute atomic E-state index is 0.255. The van der Waals surface area contributed by atoms with Crippen molar-refractivity contribution in [3.63, 3.8) is 0 Å². The van der Waals surface area contributed by atoms with Gasteiger partial charge < -0.3 is 63.3 Å². The van der Waals surface area contributed by atoms with E-state index < -0.39 is 46.2 Å². The summed E-state index contributed by atoms with van der Waals surface area (Å²) in [4.78, 5) is 0.